The maximum atomic E-state index is 12.2. The molecule has 1 N–H and O–H groups in total. The highest BCUT2D eigenvalue weighted by Gasteiger charge is 2.50. The first kappa shape index (κ1) is 20.0. The number of carbonyl (C=O) groups is 1. The van der Waals surface area contributed by atoms with Gasteiger partial charge in [-0.15, -0.1) is 0 Å². The van der Waals surface area contributed by atoms with Crippen molar-refractivity contribution < 1.29 is 18.8 Å². The number of alkyl carbamates (subject to hydrolysis) is 1. The maximum absolute atomic E-state index is 12.2. The number of rotatable bonds is 5. The number of hydrogen-bond acceptors (Lipinski definition) is 4. The fraction of sp³-hybridized carbons (Fsp3) is 0.435. The zero-order valence-corrected chi connectivity index (χ0v) is 17.5. The van der Waals surface area contributed by atoms with Crippen molar-refractivity contribution in [3.8, 4) is 11.1 Å². The number of amides is 1. The third-order valence-corrected chi connectivity index (χ3v) is 6.30. The summed E-state index contributed by atoms with van der Waals surface area (Å²) in [5.41, 5.74) is 4.14. The predicted octanol–water partition coefficient (Wildman–Crippen LogP) is 4.62. The lowest BCUT2D eigenvalue weighted by Gasteiger charge is -2.32. The van der Waals surface area contributed by atoms with Gasteiger partial charge in [-0.2, -0.15) is 0 Å². The molecule has 1 amide bonds. The number of ether oxygens (including phenoxy) is 1. The van der Waals surface area contributed by atoms with Crippen LogP contribution >= 0.6 is 0 Å². The summed E-state index contributed by atoms with van der Waals surface area (Å²) in [6.07, 6.45) is 0.167. The molecule has 0 atom stereocenters. The van der Waals surface area contributed by atoms with Crippen LogP contribution in [0.3, 0.4) is 0 Å². The van der Waals surface area contributed by atoms with Crippen molar-refractivity contribution in [2.24, 2.45) is 0 Å². The van der Waals surface area contributed by atoms with Crippen molar-refractivity contribution in [3.63, 3.8) is 0 Å². The third kappa shape index (κ3) is 3.79. The summed E-state index contributed by atoms with van der Waals surface area (Å²) in [4.78, 5) is 12.2. The molecule has 0 unspecified atom stereocenters. The van der Waals surface area contributed by atoms with Gasteiger partial charge in [0.15, 0.2) is 0 Å². The number of hydrogen-bond donors (Lipinski definition) is 1. The minimum Gasteiger partial charge on any atom is -0.449 e. The van der Waals surface area contributed by atoms with Crippen LogP contribution < -0.4 is 5.32 Å². The highest BCUT2D eigenvalue weighted by atomic mass is 16.7. The first-order valence-corrected chi connectivity index (χ1v) is 10.2. The Morgan fingerprint density at radius 2 is 1.48 bits per heavy atom. The van der Waals surface area contributed by atoms with Gasteiger partial charge in [0.2, 0.25) is 0 Å². The Morgan fingerprint density at radius 1 is 0.966 bits per heavy atom. The van der Waals surface area contributed by atoms with Gasteiger partial charge in [-0.25, -0.2) is 4.79 Å². The number of nitrogens with one attached hydrogen (secondary N) is 1. The molecule has 1 aliphatic heterocycles. The van der Waals surface area contributed by atoms with Crippen LogP contribution in [-0.2, 0) is 14.0 Å². The minimum atomic E-state index is -0.414. The average molecular weight is 393 g/mol. The normalized spacial score (nSPS) is 19.0. The van der Waals surface area contributed by atoms with Gasteiger partial charge in [-0.1, -0.05) is 48.5 Å². The smallest absolute Gasteiger partial charge is 0.449 e. The largest absolute Gasteiger partial charge is 0.459 e. The molecule has 1 heterocycles. The van der Waals surface area contributed by atoms with Gasteiger partial charge in [0.25, 0.3) is 0 Å². The van der Waals surface area contributed by atoms with Crippen LogP contribution in [0.2, 0.25) is 6.32 Å². The summed E-state index contributed by atoms with van der Waals surface area (Å²) in [6, 6.07) is 16.6. The van der Waals surface area contributed by atoms with Crippen LogP contribution in [-0.4, -0.2) is 37.6 Å². The standard InChI is InChI=1S/C23H28BNO4/c1-22(2)23(3,4)29-24(28-22)13-14-25-21(26)27-15-20-18-11-7-5-9-16(18)17-10-6-8-12-19(17)20/h5-12,20H,13-15H2,1-4H3,(H,25,26). The second-order valence-electron chi connectivity index (χ2n) is 8.73. The number of benzene rings is 2. The average Bonchev–Trinajstić information content (AvgIpc) is 3.10. The second kappa shape index (κ2) is 7.50. The lowest BCUT2D eigenvalue weighted by Crippen LogP contribution is -2.41. The number of carbonyl (C=O) groups excluding carboxylic acids is 1. The SMILES string of the molecule is CC1(C)OB(CCNC(=O)OCC2c3ccccc3-c3ccccc32)OC1(C)C. The van der Waals surface area contributed by atoms with Gasteiger partial charge in [-0.05, 0) is 56.3 Å². The molecule has 4 rings (SSSR count). The number of fused-ring (bicyclic) bond motifs is 3. The van der Waals surface area contributed by atoms with Crippen molar-refractivity contribution in [1.29, 1.82) is 0 Å². The van der Waals surface area contributed by atoms with E-state index in [-0.39, 0.29) is 24.2 Å². The van der Waals surface area contributed by atoms with E-state index >= 15 is 0 Å². The molecule has 6 heteroatoms. The fourth-order valence-corrected chi connectivity index (χ4v) is 4.02. The highest BCUT2D eigenvalue weighted by molar-refractivity contribution is 6.45. The molecule has 2 aliphatic rings. The van der Waals surface area contributed by atoms with E-state index in [0.717, 1.165) is 0 Å². The lowest BCUT2D eigenvalue weighted by molar-refractivity contribution is 0.00578. The molecule has 1 fully saturated rings. The van der Waals surface area contributed by atoms with E-state index in [9.17, 15) is 4.79 Å². The fourth-order valence-electron chi connectivity index (χ4n) is 4.02. The van der Waals surface area contributed by atoms with Crippen LogP contribution in [0.4, 0.5) is 4.79 Å². The van der Waals surface area contributed by atoms with Gasteiger partial charge in [0, 0.05) is 12.5 Å². The van der Waals surface area contributed by atoms with Crippen LogP contribution in [0.5, 0.6) is 0 Å². The third-order valence-electron chi connectivity index (χ3n) is 6.30. The second-order valence-corrected chi connectivity index (χ2v) is 8.73. The first-order chi connectivity index (χ1) is 13.8. The van der Waals surface area contributed by atoms with Crippen LogP contribution in [0.25, 0.3) is 11.1 Å². The van der Waals surface area contributed by atoms with Gasteiger partial charge in [-0.3, -0.25) is 0 Å². The summed E-state index contributed by atoms with van der Waals surface area (Å²) in [7, 11) is -0.325. The van der Waals surface area contributed by atoms with Crippen LogP contribution in [0.15, 0.2) is 48.5 Å². The van der Waals surface area contributed by atoms with Crippen molar-refractivity contribution >= 4 is 13.2 Å². The molecule has 0 spiro atoms. The summed E-state index contributed by atoms with van der Waals surface area (Å²) in [5, 5.41) is 2.81. The van der Waals surface area contributed by atoms with E-state index in [4.69, 9.17) is 14.0 Å². The van der Waals surface area contributed by atoms with E-state index in [1.165, 1.54) is 22.3 Å². The van der Waals surface area contributed by atoms with Gasteiger partial charge in [0.1, 0.15) is 6.61 Å². The Morgan fingerprint density at radius 3 is 2.03 bits per heavy atom. The maximum Gasteiger partial charge on any atom is 0.459 e. The predicted molar refractivity (Wildman–Crippen MR) is 114 cm³/mol. The molecule has 2 aromatic rings. The summed E-state index contributed by atoms with van der Waals surface area (Å²) < 4.78 is 17.5. The molecule has 152 valence electrons. The molecule has 0 bridgehead atoms. The van der Waals surface area contributed by atoms with Gasteiger partial charge in [0.05, 0.1) is 11.2 Å². The van der Waals surface area contributed by atoms with Gasteiger partial charge < -0.3 is 19.4 Å². The topological polar surface area (TPSA) is 56.8 Å². The minimum absolute atomic E-state index is 0.0660. The molecule has 1 saturated heterocycles. The molecule has 5 nitrogen and oxygen atoms in total. The van der Waals surface area contributed by atoms with E-state index in [1.54, 1.807) is 0 Å². The lowest BCUT2D eigenvalue weighted by atomic mass is 9.85. The Hall–Kier alpha value is -2.31. The van der Waals surface area contributed by atoms with E-state index in [2.05, 4.69) is 29.6 Å². The molecule has 2 aromatic carbocycles. The van der Waals surface area contributed by atoms with Crippen molar-refractivity contribution in [2.75, 3.05) is 13.2 Å². The van der Waals surface area contributed by atoms with Crippen molar-refractivity contribution in [3.05, 3.63) is 59.7 Å². The molecule has 29 heavy (non-hydrogen) atoms. The molecular weight excluding hydrogens is 365 g/mol. The Balaban J connectivity index is 1.30. The van der Waals surface area contributed by atoms with Crippen LogP contribution in [0, 0.1) is 0 Å². The molecule has 0 saturated carbocycles. The van der Waals surface area contributed by atoms with E-state index in [0.29, 0.717) is 19.5 Å². The Kier molecular flexibility index (Phi) is 5.17. The highest BCUT2D eigenvalue weighted by Crippen LogP contribution is 2.44. The molecule has 1 aliphatic carbocycles. The zero-order chi connectivity index (χ0) is 20.6. The first-order valence-electron chi connectivity index (χ1n) is 10.2. The Labute approximate surface area is 172 Å². The van der Waals surface area contributed by atoms with Crippen LogP contribution in [0.1, 0.15) is 44.7 Å². The van der Waals surface area contributed by atoms with Crippen molar-refractivity contribution in [2.45, 2.75) is 51.1 Å². The zero-order valence-electron chi connectivity index (χ0n) is 17.5. The van der Waals surface area contributed by atoms with E-state index < -0.39 is 6.09 Å². The Bertz CT molecular complexity index is 850. The molecule has 0 radical (unpaired) electrons. The van der Waals surface area contributed by atoms with Gasteiger partial charge >= 0.3 is 13.2 Å². The molecule has 0 aromatic heterocycles. The molecular formula is C23H28BNO4. The van der Waals surface area contributed by atoms with E-state index in [1.807, 2.05) is 52.0 Å². The monoisotopic (exact) mass is 393 g/mol. The summed E-state index contributed by atoms with van der Waals surface area (Å²) >= 11 is 0. The summed E-state index contributed by atoms with van der Waals surface area (Å²) in [6.45, 7) is 8.83. The van der Waals surface area contributed by atoms with Crippen molar-refractivity contribution in [1.82, 2.24) is 5.32 Å². The quantitative estimate of drug-likeness (QED) is 0.754. The summed E-state index contributed by atoms with van der Waals surface area (Å²) in [5.74, 6) is 0.0660.